The smallest absolute Gasteiger partial charge is 0.107 e. The third-order valence-electron chi connectivity index (χ3n) is 2.08. The minimum atomic E-state index is -0.233. The molecular formula is C7H15NO. The van der Waals surface area contributed by atoms with E-state index in [0.717, 1.165) is 13.0 Å². The van der Waals surface area contributed by atoms with Gasteiger partial charge in [-0.25, -0.2) is 0 Å². The number of aliphatic hydroxyl groups excluding tert-OH is 1. The molecule has 54 valence electrons. The lowest BCUT2D eigenvalue weighted by molar-refractivity contribution is 0.0480. The zero-order chi connectivity index (χ0) is 6.69. The first kappa shape index (κ1) is 7.03. The Bertz CT molecular complexity index is 85.0. The Morgan fingerprint density at radius 2 is 2.44 bits per heavy atom. The number of rotatable bonds is 1. The molecule has 9 heavy (non-hydrogen) atoms. The van der Waals surface area contributed by atoms with Crippen LogP contribution in [-0.4, -0.2) is 17.9 Å². The van der Waals surface area contributed by atoms with E-state index in [-0.39, 0.29) is 6.23 Å². The van der Waals surface area contributed by atoms with Crippen molar-refractivity contribution < 1.29 is 5.11 Å². The first-order chi connectivity index (χ1) is 4.34. The monoisotopic (exact) mass is 129 g/mol. The van der Waals surface area contributed by atoms with Crippen LogP contribution >= 0.6 is 0 Å². The summed E-state index contributed by atoms with van der Waals surface area (Å²) in [6.07, 6.45) is 3.26. The van der Waals surface area contributed by atoms with Gasteiger partial charge < -0.3 is 5.11 Å². The molecule has 0 radical (unpaired) electrons. The van der Waals surface area contributed by atoms with Crippen LogP contribution in [0.2, 0.25) is 0 Å². The molecule has 2 N–H and O–H groups in total. The maximum atomic E-state index is 9.26. The summed E-state index contributed by atoms with van der Waals surface area (Å²) in [4.78, 5) is 0. The van der Waals surface area contributed by atoms with Crippen molar-refractivity contribution in [3.63, 3.8) is 0 Å². The molecule has 1 aliphatic heterocycles. The van der Waals surface area contributed by atoms with Gasteiger partial charge in [-0.3, -0.25) is 5.32 Å². The summed E-state index contributed by atoms with van der Waals surface area (Å²) in [7, 11) is 0. The Morgan fingerprint density at radius 3 is 2.89 bits per heavy atom. The van der Waals surface area contributed by atoms with Crippen LogP contribution in [-0.2, 0) is 0 Å². The minimum absolute atomic E-state index is 0.233. The number of hydrogen-bond donors (Lipinski definition) is 2. The molecule has 1 aliphatic rings. The summed E-state index contributed by atoms with van der Waals surface area (Å²) in [5.41, 5.74) is 0. The average Bonchev–Trinajstić information content (AvgIpc) is 1.89. The van der Waals surface area contributed by atoms with Gasteiger partial charge in [0.25, 0.3) is 0 Å². The van der Waals surface area contributed by atoms with E-state index in [4.69, 9.17) is 0 Å². The molecule has 0 aromatic heterocycles. The molecule has 1 rings (SSSR count). The maximum Gasteiger partial charge on any atom is 0.107 e. The van der Waals surface area contributed by atoms with Crippen molar-refractivity contribution in [1.29, 1.82) is 0 Å². The van der Waals surface area contributed by atoms with Gasteiger partial charge in [0.2, 0.25) is 0 Å². The molecule has 0 amide bonds. The van der Waals surface area contributed by atoms with E-state index < -0.39 is 0 Å². The molecule has 0 saturated carbocycles. The lowest BCUT2D eigenvalue weighted by atomic mass is 9.95. The lowest BCUT2D eigenvalue weighted by Gasteiger charge is -2.27. The van der Waals surface area contributed by atoms with Gasteiger partial charge >= 0.3 is 0 Å². The molecule has 0 spiro atoms. The lowest BCUT2D eigenvalue weighted by Crippen LogP contribution is -2.40. The number of hydrogen-bond acceptors (Lipinski definition) is 2. The van der Waals surface area contributed by atoms with Gasteiger partial charge in [-0.2, -0.15) is 0 Å². The summed E-state index contributed by atoms with van der Waals surface area (Å²) >= 11 is 0. The molecule has 1 saturated heterocycles. The van der Waals surface area contributed by atoms with Crippen LogP contribution in [0.15, 0.2) is 0 Å². The number of piperidine rings is 1. The van der Waals surface area contributed by atoms with E-state index >= 15 is 0 Å². The van der Waals surface area contributed by atoms with Crippen LogP contribution in [0.4, 0.5) is 0 Å². The molecule has 1 unspecified atom stereocenters. The highest BCUT2D eigenvalue weighted by molar-refractivity contribution is 4.71. The van der Waals surface area contributed by atoms with Crippen molar-refractivity contribution in [2.45, 2.75) is 32.4 Å². The highest BCUT2D eigenvalue weighted by Crippen LogP contribution is 2.17. The van der Waals surface area contributed by atoms with E-state index in [9.17, 15) is 5.11 Å². The highest BCUT2D eigenvalue weighted by atomic mass is 16.3. The van der Waals surface area contributed by atoms with Gasteiger partial charge in [0, 0.05) is 0 Å². The first-order valence-electron chi connectivity index (χ1n) is 3.76. The van der Waals surface area contributed by atoms with E-state index in [1.807, 2.05) is 0 Å². The van der Waals surface area contributed by atoms with Gasteiger partial charge in [-0.05, 0) is 31.7 Å². The zero-order valence-electron chi connectivity index (χ0n) is 5.93. The van der Waals surface area contributed by atoms with Crippen molar-refractivity contribution in [2.75, 3.05) is 6.54 Å². The standard InChI is InChI=1S/C7H15NO/c1-2-6-4-3-5-8-7(6)9/h6-9H,2-5H2,1H3/t6-,7?/m1/s1. The molecule has 1 fully saturated rings. The molecule has 0 aliphatic carbocycles. The van der Waals surface area contributed by atoms with Gasteiger partial charge in [-0.1, -0.05) is 6.92 Å². The van der Waals surface area contributed by atoms with Gasteiger partial charge in [-0.15, -0.1) is 0 Å². The third-order valence-corrected chi connectivity index (χ3v) is 2.08. The Hall–Kier alpha value is -0.0800. The van der Waals surface area contributed by atoms with Crippen LogP contribution in [0.5, 0.6) is 0 Å². The molecule has 0 bridgehead atoms. The van der Waals surface area contributed by atoms with Gasteiger partial charge in [0.1, 0.15) is 6.23 Å². The fourth-order valence-corrected chi connectivity index (χ4v) is 1.37. The molecule has 2 atom stereocenters. The van der Waals surface area contributed by atoms with Crippen molar-refractivity contribution in [3.8, 4) is 0 Å². The fourth-order valence-electron chi connectivity index (χ4n) is 1.37. The van der Waals surface area contributed by atoms with Crippen LogP contribution < -0.4 is 5.32 Å². The second kappa shape index (κ2) is 3.18. The van der Waals surface area contributed by atoms with Crippen molar-refractivity contribution in [2.24, 2.45) is 5.92 Å². The van der Waals surface area contributed by atoms with Crippen molar-refractivity contribution in [1.82, 2.24) is 5.32 Å². The maximum absolute atomic E-state index is 9.26. The molecular weight excluding hydrogens is 114 g/mol. The summed E-state index contributed by atoms with van der Waals surface area (Å²) < 4.78 is 0. The Morgan fingerprint density at radius 1 is 1.67 bits per heavy atom. The molecule has 0 aromatic carbocycles. The zero-order valence-corrected chi connectivity index (χ0v) is 5.93. The normalized spacial score (nSPS) is 36.7. The molecule has 0 aromatic rings. The Kier molecular flexibility index (Phi) is 2.49. The van der Waals surface area contributed by atoms with Crippen LogP contribution in [0, 0.1) is 5.92 Å². The summed E-state index contributed by atoms with van der Waals surface area (Å²) in [6, 6.07) is 0. The highest BCUT2D eigenvalue weighted by Gasteiger charge is 2.19. The SMILES string of the molecule is CC[C@@H]1CCCNC1O. The molecule has 2 nitrogen and oxygen atoms in total. The van der Waals surface area contributed by atoms with Crippen LogP contribution in [0.25, 0.3) is 0 Å². The van der Waals surface area contributed by atoms with Crippen molar-refractivity contribution in [3.05, 3.63) is 0 Å². The predicted molar refractivity (Wildman–Crippen MR) is 37.0 cm³/mol. The van der Waals surface area contributed by atoms with E-state index in [1.54, 1.807) is 0 Å². The van der Waals surface area contributed by atoms with Crippen LogP contribution in [0.3, 0.4) is 0 Å². The van der Waals surface area contributed by atoms with Crippen molar-refractivity contribution >= 4 is 0 Å². The predicted octanol–water partition coefficient (Wildman–Crippen LogP) is 0.714. The second-order valence-electron chi connectivity index (χ2n) is 2.71. The molecule has 2 heteroatoms. The van der Waals surface area contributed by atoms with E-state index in [2.05, 4.69) is 12.2 Å². The third kappa shape index (κ3) is 1.66. The van der Waals surface area contributed by atoms with Gasteiger partial charge in [0.05, 0.1) is 0 Å². The van der Waals surface area contributed by atoms with E-state index in [0.29, 0.717) is 5.92 Å². The first-order valence-corrected chi connectivity index (χ1v) is 3.76. The molecule has 1 heterocycles. The van der Waals surface area contributed by atoms with Gasteiger partial charge in [0.15, 0.2) is 0 Å². The quantitative estimate of drug-likeness (QED) is 0.546. The largest absolute Gasteiger partial charge is 0.378 e. The second-order valence-corrected chi connectivity index (χ2v) is 2.71. The summed E-state index contributed by atoms with van der Waals surface area (Å²) in [6.45, 7) is 3.11. The Labute approximate surface area is 56.3 Å². The van der Waals surface area contributed by atoms with E-state index in [1.165, 1.54) is 12.8 Å². The average molecular weight is 129 g/mol. The summed E-state index contributed by atoms with van der Waals surface area (Å²) in [5.74, 6) is 0.499. The number of nitrogens with one attached hydrogen (secondary N) is 1. The fraction of sp³-hybridized carbons (Fsp3) is 1.00. The minimum Gasteiger partial charge on any atom is -0.378 e. The van der Waals surface area contributed by atoms with Crippen LogP contribution in [0.1, 0.15) is 26.2 Å². The number of aliphatic hydroxyl groups is 1. The topological polar surface area (TPSA) is 32.3 Å². The summed E-state index contributed by atoms with van der Waals surface area (Å²) in [5, 5.41) is 12.3. The Balaban J connectivity index is 2.30.